The third kappa shape index (κ3) is 5.23. The molecule has 3 N–H and O–H groups in total. The lowest BCUT2D eigenvalue weighted by atomic mass is 9.88. The van der Waals surface area contributed by atoms with Gasteiger partial charge in [0, 0.05) is 11.3 Å². The van der Waals surface area contributed by atoms with E-state index in [1.807, 2.05) is 18.7 Å². The second-order valence-electron chi connectivity index (χ2n) is 5.45. The predicted molar refractivity (Wildman–Crippen MR) is 82.2 cm³/mol. The number of aliphatic carboxylic acids is 1. The summed E-state index contributed by atoms with van der Waals surface area (Å²) in [6.45, 7) is 2.51. The van der Waals surface area contributed by atoms with Crippen LogP contribution in [-0.4, -0.2) is 40.7 Å². The molecule has 1 fully saturated rings. The molecule has 0 heterocycles. The van der Waals surface area contributed by atoms with Crippen LogP contribution >= 0.6 is 11.8 Å². The molecular weight excluding hydrogens is 276 g/mol. The largest absolute Gasteiger partial charge is 0.480 e. The van der Waals surface area contributed by atoms with E-state index in [4.69, 9.17) is 5.11 Å². The molecule has 20 heavy (non-hydrogen) atoms. The number of carbonyl (C=O) groups excluding carboxylic acids is 1. The van der Waals surface area contributed by atoms with E-state index in [2.05, 4.69) is 16.9 Å². The quantitative estimate of drug-likeness (QED) is 0.675. The van der Waals surface area contributed by atoms with Gasteiger partial charge in [0.15, 0.2) is 0 Å². The van der Waals surface area contributed by atoms with Gasteiger partial charge in [0.1, 0.15) is 6.04 Å². The Labute approximate surface area is 125 Å². The molecule has 0 aromatic heterocycles. The van der Waals surface area contributed by atoms with Crippen LogP contribution in [0.5, 0.6) is 0 Å². The van der Waals surface area contributed by atoms with Crippen molar-refractivity contribution in [2.45, 2.75) is 62.7 Å². The normalized spacial score (nSPS) is 19.1. The summed E-state index contributed by atoms with van der Waals surface area (Å²) in [6.07, 6.45) is 9.18. The van der Waals surface area contributed by atoms with Crippen LogP contribution in [0.4, 0.5) is 4.79 Å². The Kier molecular flexibility index (Phi) is 7.19. The minimum absolute atomic E-state index is 0.124. The van der Waals surface area contributed by atoms with E-state index >= 15 is 0 Å². The average Bonchev–Trinajstić information content (AvgIpc) is 2.45. The molecule has 2 amide bonds. The summed E-state index contributed by atoms with van der Waals surface area (Å²) in [4.78, 5) is 22.8. The van der Waals surface area contributed by atoms with Crippen LogP contribution in [0.2, 0.25) is 0 Å². The number of carboxylic acid groups (broad SMARTS) is 1. The van der Waals surface area contributed by atoms with Gasteiger partial charge in [-0.25, -0.2) is 9.59 Å². The zero-order chi connectivity index (χ0) is 15.0. The first kappa shape index (κ1) is 17.1. The molecule has 0 spiro atoms. The Morgan fingerprint density at radius 1 is 1.30 bits per heavy atom. The van der Waals surface area contributed by atoms with Crippen molar-refractivity contribution >= 4 is 23.8 Å². The zero-order valence-electron chi connectivity index (χ0n) is 12.4. The van der Waals surface area contributed by atoms with Crippen LogP contribution in [0.25, 0.3) is 0 Å². The maximum atomic E-state index is 11.8. The second kappa shape index (κ2) is 8.39. The standard InChI is InChI=1S/C14H26N2O3S/c1-3-7-11(12(17)18)16-13(19)15-10-14(20-2)8-5-4-6-9-14/h11H,3-10H2,1-2H3,(H,17,18)(H2,15,16,19). The molecule has 1 aliphatic rings. The Balaban J connectivity index is 2.43. The highest BCUT2D eigenvalue weighted by molar-refractivity contribution is 8.00. The third-order valence-electron chi connectivity index (χ3n) is 3.95. The topological polar surface area (TPSA) is 78.4 Å². The molecule has 1 saturated carbocycles. The van der Waals surface area contributed by atoms with E-state index in [-0.39, 0.29) is 10.8 Å². The minimum Gasteiger partial charge on any atom is -0.480 e. The molecule has 116 valence electrons. The number of urea groups is 1. The number of hydrogen-bond acceptors (Lipinski definition) is 3. The summed E-state index contributed by atoms with van der Waals surface area (Å²) in [6, 6.07) is -1.17. The summed E-state index contributed by atoms with van der Waals surface area (Å²) in [5, 5.41) is 14.4. The van der Waals surface area contributed by atoms with Crippen molar-refractivity contribution in [1.82, 2.24) is 10.6 Å². The molecule has 0 radical (unpaired) electrons. The molecule has 0 bridgehead atoms. The number of carbonyl (C=O) groups is 2. The molecule has 6 heteroatoms. The highest BCUT2D eigenvalue weighted by Gasteiger charge is 2.31. The van der Waals surface area contributed by atoms with Gasteiger partial charge in [-0.15, -0.1) is 0 Å². The molecule has 1 atom stereocenters. The van der Waals surface area contributed by atoms with Crippen molar-refractivity contribution < 1.29 is 14.7 Å². The van der Waals surface area contributed by atoms with Gasteiger partial charge in [0.05, 0.1) is 0 Å². The Hall–Kier alpha value is -0.910. The van der Waals surface area contributed by atoms with E-state index in [1.165, 1.54) is 19.3 Å². The number of carboxylic acids is 1. The minimum atomic E-state index is -0.973. The summed E-state index contributed by atoms with van der Waals surface area (Å²) in [5.74, 6) is -0.973. The molecule has 0 aliphatic heterocycles. The Morgan fingerprint density at radius 3 is 2.45 bits per heavy atom. The van der Waals surface area contributed by atoms with Crippen molar-refractivity contribution in [1.29, 1.82) is 0 Å². The fourth-order valence-electron chi connectivity index (χ4n) is 2.65. The fourth-order valence-corrected chi connectivity index (χ4v) is 3.56. The molecule has 0 aromatic rings. The van der Waals surface area contributed by atoms with Crippen LogP contribution in [0.1, 0.15) is 51.9 Å². The fraction of sp³-hybridized carbons (Fsp3) is 0.857. The third-order valence-corrected chi connectivity index (χ3v) is 5.37. The highest BCUT2D eigenvalue weighted by Crippen LogP contribution is 2.37. The number of rotatable bonds is 7. The van der Waals surface area contributed by atoms with Gasteiger partial charge in [-0.3, -0.25) is 0 Å². The Morgan fingerprint density at radius 2 is 1.95 bits per heavy atom. The van der Waals surface area contributed by atoms with Crippen molar-refractivity contribution in [3.63, 3.8) is 0 Å². The summed E-state index contributed by atoms with van der Waals surface area (Å²) in [5.41, 5.74) is 0. The van der Waals surface area contributed by atoms with Crippen LogP contribution in [-0.2, 0) is 4.79 Å². The van der Waals surface area contributed by atoms with Crippen molar-refractivity contribution in [3.05, 3.63) is 0 Å². The van der Waals surface area contributed by atoms with Crippen molar-refractivity contribution in [2.24, 2.45) is 0 Å². The first-order chi connectivity index (χ1) is 9.53. The van der Waals surface area contributed by atoms with E-state index < -0.39 is 12.0 Å². The molecular formula is C14H26N2O3S. The van der Waals surface area contributed by atoms with E-state index in [0.29, 0.717) is 13.0 Å². The zero-order valence-corrected chi connectivity index (χ0v) is 13.2. The predicted octanol–water partition coefficient (Wildman–Crippen LogP) is 2.60. The number of nitrogens with one attached hydrogen (secondary N) is 2. The summed E-state index contributed by atoms with van der Waals surface area (Å²) >= 11 is 1.81. The van der Waals surface area contributed by atoms with Gasteiger partial charge < -0.3 is 15.7 Å². The van der Waals surface area contributed by atoms with Crippen LogP contribution in [0, 0.1) is 0 Å². The van der Waals surface area contributed by atoms with Crippen LogP contribution in [0.3, 0.4) is 0 Å². The monoisotopic (exact) mass is 302 g/mol. The summed E-state index contributed by atoms with van der Waals surface area (Å²) < 4.78 is 0.124. The first-order valence-electron chi connectivity index (χ1n) is 7.35. The second-order valence-corrected chi connectivity index (χ2v) is 6.73. The van der Waals surface area contributed by atoms with Crippen molar-refractivity contribution in [3.8, 4) is 0 Å². The molecule has 0 aromatic carbocycles. The maximum absolute atomic E-state index is 11.8. The average molecular weight is 302 g/mol. The first-order valence-corrected chi connectivity index (χ1v) is 8.58. The lowest BCUT2D eigenvalue weighted by Gasteiger charge is -2.35. The summed E-state index contributed by atoms with van der Waals surface area (Å²) in [7, 11) is 0. The SMILES string of the molecule is CCCC(NC(=O)NCC1(SC)CCCCC1)C(=O)O. The van der Waals surface area contributed by atoms with Gasteiger partial charge in [0.25, 0.3) is 0 Å². The lowest BCUT2D eigenvalue weighted by molar-refractivity contribution is -0.139. The molecule has 1 unspecified atom stereocenters. The highest BCUT2D eigenvalue weighted by atomic mass is 32.2. The lowest BCUT2D eigenvalue weighted by Crippen LogP contribution is -2.50. The van der Waals surface area contributed by atoms with Gasteiger partial charge in [0.2, 0.25) is 0 Å². The Bertz CT molecular complexity index is 330. The van der Waals surface area contributed by atoms with E-state index in [0.717, 1.165) is 19.3 Å². The maximum Gasteiger partial charge on any atom is 0.326 e. The van der Waals surface area contributed by atoms with Crippen LogP contribution < -0.4 is 10.6 Å². The van der Waals surface area contributed by atoms with Crippen LogP contribution in [0.15, 0.2) is 0 Å². The number of hydrogen-bond donors (Lipinski definition) is 3. The number of thioether (sulfide) groups is 1. The molecule has 1 aliphatic carbocycles. The van der Waals surface area contributed by atoms with E-state index in [1.54, 1.807) is 0 Å². The molecule has 1 rings (SSSR count). The smallest absolute Gasteiger partial charge is 0.326 e. The van der Waals surface area contributed by atoms with E-state index in [9.17, 15) is 9.59 Å². The van der Waals surface area contributed by atoms with Gasteiger partial charge in [-0.05, 0) is 25.5 Å². The molecule has 0 saturated heterocycles. The molecule has 5 nitrogen and oxygen atoms in total. The number of amides is 2. The van der Waals surface area contributed by atoms with Gasteiger partial charge >= 0.3 is 12.0 Å². The van der Waals surface area contributed by atoms with Crippen molar-refractivity contribution in [2.75, 3.05) is 12.8 Å². The van der Waals surface area contributed by atoms with Gasteiger partial charge in [-0.2, -0.15) is 11.8 Å². The van der Waals surface area contributed by atoms with Gasteiger partial charge in [-0.1, -0.05) is 32.6 Å².